The van der Waals surface area contributed by atoms with Crippen LogP contribution < -0.4 is 5.32 Å². The summed E-state index contributed by atoms with van der Waals surface area (Å²) in [6, 6.07) is 9.99. The van der Waals surface area contributed by atoms with Crippen molar-refractivity contribution in [2.45, 2.75) is 44.4 Å². The number of aliphatic hydroxyl groups excluding tert-OH is 1. The number of nitrogens with zero attached hydrogens (tertiary/aromatic N) is 2. The van der Waals surface area contributed by atoms with Crippen molar-refractivity contribution in [3.63, 3.8) is 0 Å². The minimum Gasteiger partial charge on any atom is -0.391 e. The van der Waals surface area contributed by atoms with Crippen LogP contribution in [0.1, 0.15) is 24.8 Å². The lowest BCUT2D eigenvalue weighted by Gasteiger charge is -2.16. The fourth-order valence-corrected chi connectivity index (χ4v) is 3.89. The fraction of sp³-hybridized carbons (Fsp3) is 0.400. The van der Waals surface area contributed by atoms with Gasteiger partial charge in [-0.2, -0.15) is 5.10 Å². The quantitative estimate of drug-likeness (QED) is 0.636. The summed E-state index contributed by atoms with van der Waals surface area (Å²) in [6.07, 6.45) is 7.76. The van der Waals surface area contributed by atoms with Crippen LogP contribution in [0, 0.1) is 5.92 Å². The maximum atomic E-state index is 12.3. The summed E-state index contributed by atoms with van der Waals surface area (Å²) in [4.78, 5) is 15.5. The normalized spacial score (nSPS) is 22.7. The molecule has 6 heteroatoms. The number of rotatable bonds is 6. The van der Waals surface area contributed by atoms with Gasteiger partial charge in [0.1, 0.15) is 0 Å². The highest BCUT2D eigenvalue weighted by Gasteiger charge is 2.34. The monoisotopic (exact) mass is 352 g/mol. The van der Waals surface area contributed by atoms with Gasteiger partial charge >= 0.3 is 0 Å². The molecule has 1 aliphatic carbocycles. The second-order valence-corrected chi connectivity index (χ2v) is 7.21. The Hall–Kier alpha value is -2.60. The Morgan fingerprint density at radius 1 is 1.35 bits per heavy atom. The predicted octanol–water partition coefficient (Wildman–Crippen LogP) is 2.25. The molecule has 3 aromatic rings. The summed E-state index contributed by atoms with van der Waals surface area (Å²) in [5.74, 6) is 0.342. The van der Waals surface area contributed by atoms with Crippen LogP contribution in [0.5, 0.6) is 0 Å². The summed E-state index contributed by atoms with van der Waals surface area (Å²) in [5, 5.41) is 18.7. The van der Waals surface area contributed by atoms with Crippen molar-refractivity contribution in [3.05, 3.63) is 54.5 Å². The van der Waals surface area contributed by atoms with Gasteiger partial charge in [-0.3, -0.25) is 9.48 Å². The minimum absolute atomic E-state index is 0.00274. The molecule has 4 rings (SSSR count). The molecule has 1 saturated carbocycles. The molecule has 3 atom stereocenters. The van der Waals surface area contributed by atoms with Crippen LogP contribution in [0.25, 0.3) is 10.9 Å². The largest absolute Gasteiger partial charge is 0.391 e. The third-order valence-corrected chi connectivity index (χ3v) is 5.24. The van der Waals surface area contributed by atoms with Gasteiger partial charge in [0.05, 0.1) is 12.1 Å². The van der Waals surface area contributed by atoms with Gasteiger partial charge in [-0.1, -0.05) is 6.07 Å². The number of aryl methyl sites for hydroxylation is 1. The molecule has 26 heavy (non-hydrogen) atoms. The minimum atomic E-state index is -0.476. The molecular weight excluding hydrogens is 328 g/mol. The smallest absolute Gasteiger partial charge is 0.220 e. The van der Waals surface area contributed by atoms with E-state index in [0.717, 1.165) is 29.4 Å². The van der Waals surface area contributed by atoms with Gasteiger partial charge in [0.25, 0.3) is 0 Å². The van der Waals surface area contributed by atoms with E-state index in [1.807, 2.05) is 35.3 Å². The molecule has 1 aliphatic rings. The third kappa shape index (κ3) is 3.80. The number of fused-ring (bicyclic) bond motifs is 1. The van der Waals surface area contributed by atoms with Crippen molar-refractivity contribution in [2.75, 3.05) is 0 Å². The molecule has 1 fully saturated rings. The number of nitrogens with one attached hydrogen (secondary N) is 2. The van der Waals surface area contributed by atoms with Gasteiger partial charge in [0.2, 0.25) is 5.91 Å². The summed E-state index contributed by atoms with van der Waals surface area (Å²) in [6.45, 7) is 0.785. The zero-order valence-corrected chi connectivity index (χ0v) is 14.6. The molecule has 1 amide bonds. The Balaban J connectivity index is 1.27. The van der Waals surface area contributed by atoms with Crippen LogP contribution in [0.3, 0.4) is 0 Å². The zero-order chi connectivity index (χ0) is 17.9. The zero-order valence-electron chi connectivity index (χ0n) is 14.6. The Kier molecular flexibility index (Phi) is 4.75. The number of H-pyrrole nitrogens is 1. The number of carbonyl (C=O) groups is 1. The molecule has 2 aromatic heterocycles. The van der Waals surface area contributed by atoms with Crippen LogP contribution in [0.4, 0.5) is 0 Å². The summed E-state index contributed by atoms with van der Waals surface area (Å²) >= 11 is 0. The van der Waals surface area contributed by atoms with Gasteiger partial charge in [-0.05, 0) is 60.4 Å². The van der Waals surface area contributed by atoms with E-state index in [9.17, 15) is 9.90 Å². The van der Waals surface area contributed by atoms with E-state index >= 15 is 0 Å². The summed E-state index contributed by atoms with van der Waals surface area (Å²) in [5.41, 5.74) is 2.26. The molecule has 6 nitrogen and oxygen atoms in total. The lowest BCUT2D eigenvalue weighted by molar-refractivity contribution is -0.122. The molecule has 136 valence electrons. The van der Waals surface area contributed by atoms with Crippen molar-refractivity contribution < 1.29 is 9.90 Å². The average Bonchev–Trinajstić information content (AvgIpc) is 3.35. The van der Waals surface area contributed by atoms with Crippen LogP contribution in [0.2, 0.25) is 0 Å². The van der Waals surface area contributed by atoms with Crippen LogP contribution >= 0.6 is 0 Å². The molecule has 3 N–H and O–H groups in total. The number of benzene rings is 1. The Morgan fingerprint density at radius 3 is 3.12 bits per heavy atom. The molecule has 2 heterocycles. The summed E-state index contributed by atoms with van der Waals surface area (Å²) in [7, 11) is 0. The predicted molar refractivity (Wildman–Crippen MR) is 99.5 cm³/mol. The highest BCUT2D eigenvalue weighted by Crippen LogP contribution is 2.27. The molecule has 0 saturated heterocycles. The van der Waals surface area contributed by atoms with Gasteiger partial charge in [0.15, 0.2) is 0 Å². The fourth-order valence-electron chi connectivity index (χ4n) is 3.89. The number of aromatic nitrogens is 3. The second kappa shape index (κ2) is 7.33. The maximum absolute atomic E-state index is 12.3. The molecular formula is C20H24N4O2. The molecule has 0 bridgehead atoms. The van der Waals surface area contributed by atoms with Crippen molar-refractivity contribution in [1.29, 1.82) is 0 Å². The number of aliphatic hydroxyl groups is 1. The van der Waals surface area contributed by atoms with Crippen molar-refractivity contribution in [2.24, 2.45) is 5.92 Å². The topological polar surface area (TPSA) is 82.9 Å². The average molecular weight is 352 g/mol. The van der Waals surface area contributed by atoms with E-state index in [1.165, 1.54) is 0 Å². The van der Waals surface area contributed by atoms with Gasteiger partial charge < -0.3 is 15.4 Å². The molecule has 0 aliphatic heterocycles. The van der Waals surface area contributed by atoms with E-state index < -0.39 is 6.10 Å². The number of hydrogen-bond acceptors (Lipinski definition) is 3. The molecule has 1 unspecified atom stereocenters. The Labute approximate surface area is 152 Å². The maximum Gasteiger partial charge on any atom is 0.220 e. The van der Waals surface area contributed by atoms with Crippen molar-refractivity contribution in [3.8, 4) is 0 Å². The van der Waals surface area contributed by atoms with Gasteiger partial charge in [-0.15, -0.1) is 0 Å². The lowest BCUT2D eigenvalue weighted by Crippen LogP contribution is -2.40. The van der Waals surface area contributed by atoms with Gasteiger partial charge in [-0.25, -0.2) is 0 Å². The van der Waals surface area contributed by atoms with E-state index in [-0.39, 0.29) is 11.9 Å². The molecule has 0 spiro atoms. The van der Waals surface area contributed by atoms with E-state index in [1.54, 1.807) is 6.20 Å². The molecule has 1 aromatic carbocycles. The summed E-state index contributed by atoms with van der Waals surface area (Å²) < 4.78 is 1.89. The lowest BCUT2D eigenvalue weighted by atomic mass is 10.1. The number of amides is 1. The van der Waals surface area contributed by atoms with E-state index in [2.05, 4.69) is 27.5 Å². The third-order valence-electron chi connectivity index (χ3n) is 5.24. The number of aromatic amines is 1. The van der Waals surface area contributed by atoms with Crippen LogP contribution in [-0.2, 0) is 17.8 Å². The first-order valence-electron chi connectivity index (χ1n) is 9.18. The second-order valence-electron chi connectivity index (χ2n) is 7.21. The van der Waals surface area contributed by atoms with E-state index in [4.69, 9.17) is 0 Å². The van der Waals surface area contributed by atoms with Crippen molar-refractivity contribution >= 4 is 16.8 Å². The number of carbonyl (C=O) groups excluding carboxylic acids is 1. The highest BCUT2D eigenvalue weighted by molar-refractivity contribution is 5.80. The number of hydrogen-bond donors (Lipinski definition) is 3. The first-order valence-corrected chi connectivity index (χ1v) is 9.18. The van der Waals surface area contributed by atoms with Crippen LogP contribution in [0.15, 0.2) is 48.9 Å². The van der Waals surface area contributed by atoms with Gasteiger partial charge in [0, 0.05) is 37.1 Å². The van der Waals surface area contributed by atoms with Crippen molar-refractivity contribution in [1.82, 2.24) is 20.1 Å². The van der Waals surface area contributed by atoms with E-state index in [0.29, 0.717) is 25.2 Å². The Morgan fingerprint density at radius 2 is 2.27 bits per heavy atom. The first kappa shape index (κ1) is 16.8. The van der Waals surface area contributed by atoms with Crippen LogP contribution in [-0.4, -0.2) is 37.9 Å². The standard InChI is InChI=1S/C20H24N4O2/c25-19-12-15(13-24-9-1-7-22-24)11-18(19)23-20(26)5-3-14-2-4-17-16(10-14)6-8-21-17/h1-2,4,6-10,15,18-19,21,25H,3,5,11-13H2,(H,23,26)/t15?,18-,19-/m1/s1. The Bertz CT molecular complexity index is 871. The SMILES string of the molecule is O=C(CCc1ccc2[nH]ccc2c1)N[C@@H]1CC(Cn2cccn2)C[C@H]1O. The molecule has 0 radical (unpaired) electrons. The highest BCUT2D eigenvalue weighted by atomic mass is 16.3. The first-order chi connectivity index (χ1) is 12.7.